The molecule has 1 aromatic carbocycles. The van der Waals surface area contributed by atoms with Gasteiger partial charge in [0.25, 0.3) is 0 Å². The van der Waals surface area contributed by atoms with Gasteiger partial charge in [-0.1, -0.05) is 18.2 Å². The number of hydrogen-bond donors (Lipinski definition) is 2. The Morgan fingerprint density at radius 3 is 2.65 bits per heavy atom. The van der Waals surface area contributed by atoms with Gasteiger partial charge in [0.1, 0.15) is 5.82 Å². The molecule has 1 aliphatic rings. The topological polar surface area (TPSA) is 81.6 Å². The lowest BCUT2D eigenvalue weighted by molar-refractivity contribution is -0.137. The summed E-state index contributed by atoms with van der Waals surface area (Å²) in [6, 6.07) is 12.1. The van der Waals surface area contributed by atoms with Crippen LogP contribution in [-0.2, 0) is 6.18 Å². The van der Waals surface area contributed by atoms with E-state index in [1.54, 1.807) is 37.3 Å². The molecule has 0 aliphatic carbocycles. The summed E-state index contributed by atoms with van der Waals surface area (Å²) in [5, 5.41) is 13.5. The Bertz CT molecular complexity index is 1170. The zero-order valence-corrected chi connectivity index (χ0v) is 18.6. The van der Waals surface area contributed by atoms with Crippen molar-refractivity contribution < 1.29 is 23.1 Å². The fourth-order valence-corrected chi connectivity index (χ4v) is 3.91. The number of hydrogen-bond acceptors (Lipinski definition) is 5. The van der Waals surface area contributed by atoms with Gasteiger partial charge in [-0.25, -0.2) is 14.8 Å². The van der Waals surface area contributed by atoms with Crippen LogP contribution in [0.1, 0.15) is 19.4 Å². The van der Waals surface area contributed by atoms with Crippen molar-refractivity contribution in [3.63, 3.8) is 0 Å². The number of alkyl halides is 3. The maximum Gasteiger partial charge on any atom is 0.416 e. The van der Waals surface area contributed by atoms with E-state index < -0.39 is 29.9 Å². The first-order chi connectivity index (χ1) is 16.2. The number of nitrogens with one attached hydrogen (secondary N) is 1. The van der Waals surface area contributed by atoms with E-state index >= 15 is 0 Å². The zero-order chi connectivity index (χ0) is 24.5. The summed E-state index contributed by atoms with van der Waals surface area (Å²) in [7, 11) is 0. The minimum absolute atomic E-state index is 0.245. The molecule has 4 rings (SSSR count). The first-order valence-electron chi connectivity index (χ1n) is 10.8. The van der Waals surface area contributed by atoms with Crippen LogP contribution in [0.3, 0.4) is 0 Å². The smallest absolute Gasteiger partial charge is 0.389 e. The fourth-order valence-electron chi connectivity index (χ4n) is 3.91. The van der Waals surface area contributed by atoms with Crippen LogP contribution in [0.15, 0.2) is 60.8 Å². The Morgan fingerprint density at radius 2 is 1.97 bits per heavy atom. The van der Waals surface area contributed by atoms with Crippen molar-refractivity contribution in [3.8, 4) is 11.3 Å². The van der Waals surface area contributed by atoms with Gasteiger partial charge in [0, 0.05) is 24.8 Å². The normalized spacial score (nSPS) is 18.3. The number of rotatable bonds is 3. The number of aromatic nitrogens is 2. The third kappa shape index (κ3) is 4.67. The van der Waals surface area contributed by atoms with E-state index in [-0.39, 0.29) is 23.6 Å². The number of aliphatic hydroxyl groups excluding tert-OH is 1. The van der Waals surface area contributed by atoms with E-state index in [2.05, 4.69) is 15.3 Å². The van der Waals surface area contributed by atoms with Gasteiger partial charge in [-0.15, -0.1) is 0 Å². The zero-order valence-electron chi connectivity index (χ0n) is 18.6. The average Bonchev–Trinajstić information content (AvgIpc) is 2.92. The number of carbonyl (C=O) groups excluding carboxylic acids is 1. The highest BCUT2D eigenvalue weighted by Crippen LogP contribution is 2.37. The van der Waals surface area contributed by atoms with E-state index in [0.717, 1.165) is 12.1 Å². The van der Waals surface area contributed by atoms with Crippen molar-refractivity contribution in [2.75, 3.05) is 28.2 Å². The Hall–Kier alpha value is -3.66. The minimum Gasteiger partial charge on any atom is -0.389 e. The second kappa shape index (κ2) is 9.30. The van der Waals surface area contributed by atoms with Gasteiger partial charge >= 0.3 is 12.2 Å². The van der Waals surface area contributed by atoms with E-state index in [4.69, 9.17) is 0 Å². The third-order valence-corrected chi connectivity index (χ3v) is 5.78. The van der Waals surface area contributed by atoms with Crippen molar-refractivity contribution in [1.29, 1.82) is 0 Å². The van der Waals surface area contributed by atoms with Crippen LogP contribution in [0.4, 0.5) is 35.3 Å². The highest BCUT2D eigenvalue weighted by atomic mass is 19.4. The molecule has 0 saturated heterocycles. The predicted molar refractivity (Wildman–Crippen MR) is 124 cm³/mol. The lowest BCUT2D eigenvalue weighted by Crippen LogP contribution is -2.48. The van der Waals surface area contributed by atoms with Crippen LogP contribution >= 0.6 is 0 Å². The average molecular weight is 471 g/mol. The van der Waals surface area contributed by atoms with Crippen LogP contribution < -0.4 is 15.1 Å². The molecule has 3 heterocycles. The van der Waals surface area contributed by atoms with Gasteiger partial charge in [0.05, 0.1) is 29.1 Å². The van der Waals surface area contributed by atoms with E-state index in [0.29, 0.717) is 18.1 Å². The Balaban J connectivity index is 1.81. The summed E-state index contributed by atoms with van der Waals surface area (Å²) in [5.74, 6) is 0.565. The molecule has 2 N–H and O–H groups in total. The number of benzene rings is 1. The molecule has 2 amide bonds. The maximum atomic E-state index is 13.3. The largest absolute Gasteiger partial charge is 0.416 e. The molecule has 10 heteroatoms. The molecule has 2 atom stereocenters. The van der Waals surface area contributed by atoms with Gasteiger partial charge in [-0.2, -0.15) is 13.2 Å². The number of fused-ring (bicyclic) bond motifs is 1. The number of nitrogens with zero attached hydrogens (tertiary/aromatic N) is 4. The lowest BCUT2D eigenvalue weighted by atomic mass is 10.1. The van der Waals surface area contributed by atoms with Crippen LogP contribution in [0.5, 0.6) is 0 Å². The number of carbonyl (C=O) groups is 1. The standard InChI is InChI=1S/C24H24F3N5O2/c1-3-31-14-20(33)15(2)32(23(34)30-21-9-4-5-12-28-21)22-19(31)11-10-18(29-22)16-7-6-8-17(13-16)24(25,26)27/h4-13,15,20,33H,3,14H2,1-2H3,(H,28,30,34)/t15-,20+/m1/s1. The highest BCUT2D eigenvalue weighted by Gasteiger charge is 2.36. The molecule has 3 aromatic rings. The van der Waals surface area contributed by atoms with Crippen molar-refractivity contribution in [2.24, 2.45) is 0 Å². The summed E-state index contributed by atoms with van der Waals surface area (Å²) >= 11 is 0. The molecular weight excluding hydrogens is 447 g/mol. The van der Waals surface area contributed by atoms with Crippen LogP contribution in [0.2, 0.25) is 0 Å². The summed E-state index contributed by atoms with van der Waals surface area (Å²) in [5.41, 5.74) is 0.353. The van der Waals surface area contributed by atoms with Crippen molar-refractivity contribution in [2.45, 2.75) is 32.2 Å². The van der Waals surface area contributed by atoms with Crippen LogP contribution in [0, 0.1) is 0 Å². The highest BCUT2D eigenvalue weighted by molar-refractivity contribution is 6.03. The van der Waals surface area contributed by atoms with Gasteiger partial charge < -0.3 is 10.0 Å². The first-order valence-corrected chi connectivity index (χ1v) is 10.8. The lowest BCUT2D eigenvalue weighted by Gasteiger charge is -2.29. The number of likely N-dealkylation sites (N-methyl/N-ethyl adjacent to an activating group) is 1. The molecule has 34 heavy (non-hydrogen) atoms. The second-order valence-corrected chi connectivity index (χ2v) is 7.98. The molecule has 2 aromatic heterocycles. The molecule has 1 aliphatic heterocycles. The summed E-state index contributed by atoms with van der Waals surface area (Å²) < 4.78 is 39.8. The quantitative estimate of drug-likeness (QED) is 0.574. The number of β-amino-alcohol motifs (C(OH)–C–C–N with tert-alkyl or cyclic N) is 1. The molecule has 0 bridgehead atoms. The SMILES string of the molecule is CCN1C[C@H](O)[C@@H](C)N(C(=O)Nc2ccccn2)c2nc(-c3cccc(C(F)(F)F)c3)ccc21. The van der Waals surface area contributed by atoms with E-state index in [1.165, 1.54) is 23.2 Å². The molecule has 7 nitrogen and oxygen atoms in total. The number of aliphatic hydroxyl groups is 1. The van der Waals surface area contributed by atoms with Crippen molar-refractivity contribution in [3.05, 3.63) is 66.4 Å². The summed E-state index contributed by atoms with van der Waals surface area (Å²) in [4.78, 5) is 25.3. The second-order valence-electron chi connectivity index (χ2n) is 7.98. The molecular formula is C24H24F3N5O2. The fraction of sp³-hybridized carbons (Fsp3) is 0.292. The van der Waals surface area contributed by atoms with Gasteiger partial charge in [-0.05, 0) is 50.2 Å². The van der Waals surface area contributed by atoms with Crippen molar-refractivity contribution in [1.82, 2.24) is 9.97 Å². The van der Waals surface area contributed by atoms with E-state index in [1.807, 2.05) is 11.8 Å². The molecule has 178 valence electrons. The molecule has 0 spiro atoms. The number of halogens is 3. The molecule has 0 radical (unpaired) electrons. The monoisotopic (exact) mass is 471 g/mol. The minimum atomic E-state index is -4.49. The molecule has 0 saturated carbocycles. The van der Waals surface area contributed by atoms with Gasteiger partial charge in [0.2, 0.25) is 0 Å². The Labute approximate surface area is 194 Å². The Morgan fingerprint density at radius 1 is 1.18 bits per heavy atom. The van der Waals surface area contributed by atoms with Crippen LogP contribution in [-0.4, -0.2) is 46.3 Å². The summed E-state index contributed by atoms with van der Waals surface area (Å²) in [6.45, 7) is 4.41. The summed E-state index contributed by atoms with van der Waals surface area (Å²) in [6.07, 6.45) is -3.85. The Kier molecular flexibility index (Phi) is 6.43. The third-order valence-electron chi connectivity index (χ3n) is 5.78. The van der Waals surface area contributed by atoms with E-state index in [9.17, 15) is 23.1 Å². The number of pyridine rings is 2. The number of anilines is 3. The van der Waals surface area contributed by atoms with Gasteiger partial charge in [0.15, 0.2) is 5.82 Å². The van der Waals surface area contributed by atoms with Gasteiger partial charge in [-0.3, -0.25) is 10.2 Å². The van der Waals surface area contributed by atoms with Crippen LogP contribution in [0.25, 0.3) is 11.3 Å². The predicted octanol–water partition coefficient (Wildman–Crippen LogP) is 4.79. The molecule has 0 fully saturated rings. The first kappa shape index (κ1) is 23.5. The molecule has 0 unspecified atom stereocenters. The number of urea groups is 1. The van der Waals surface area contributed by atoms with Crippen molar-refractivity contribution >= 4 is 23.4 Å². The maximum absolute atomic E-state index is 13.3. The number of amides is 2.